The van der Waals surface area contributed by atoms with Crippen LogP contribution >= 0.6 is 27.3 Å². The first-order valence-electron chi connectivity index (χ1n) is 5.16. The van der Waals surface area contributed by atoms with Crippen LogP contribution in [0.5, 0.6) is 0 Å². The number of carbonyl (C=O) groups excluding carboxylic acids is 1. The molecule has 0 spiro atoms. The number of rotatable bonds is 2. The Morgan fingerprint density at radius 2 is 2.00 bits per heavy atom. The lowest BCUT2D eigenvalue weighted by atomic mass is 10.2. The van der Waals surface area contributed by atoms with Crippen LogP contribution in [0.25, 0.3) is 0 Å². The summed E-state index contributed by atoms with van der Waals surface area (Å²) in [6, 6.07) is 7.35. The molecule has 94 valence electrons. The minimum atomic E-state index is -0.248. The third-order valence-corrected chi connectivity index (χ3v) is 3.72. The van der Waals surface area contributed by atoms with Gasteiger partial charge >= 0.3 is 6.03 Å². The van der Waals surface area contributed by atoms with E-state index in [2.05, 4.69) is 31.4 Å². The van der Waals surface area contributed by atoms with Gasteiger partial charge in [0.1, 0.15) is 0 Å². The Kier molecular flexibility index (Phi) is 3.93. The average Bonchev–Trinajstić information content (AvgIpc) is 2.78. The number of halogens is 1. The number of urea groups is 1. The lowest BCUT2D eigenvalue weighted by Gasteiger charge is -2.14. The van der Waals surface area contributed by atoms with Gasteiger partial charge < -0.3 is 5.32 Å². The van der Waals surface area contributed by atoms with Crippen molar-refractivity contribution >= 4 is 44.1 Å². The van der Waals surface area contributed by atoms with Crippen molar-refractivity contribution in [2.45, 2.75) is 6.92 Å². The first-order chi connectivity index (χ1) is 8.56. The van der Waals surface area contributed by atoms with Crippen LogP contribution in [-0.2, 0) is 0 Å². The van der Waals surface area contributed by atoms with Gasteiger partial charge in [-0.1, -0.05) is 29.0 Å². The third-order valence-electron chi connectivity index (χ3n) is 2.28. The van der Waals surface area contributed by atoms with Crippen molar-refractivity contribution in [2.75, 3.05) is 17.3 Å². The Bertz CT molecular complexity index is 554. The fourth-order valence-corrected chi connectivity index (χ4v) is 2.31. The zero-order valence-electron chi connectivity index (χ0n) is 9.85. The molecule has 1 aromatic heterocycles. The SMILES string of the molecule is Cc1ccc(NC(=O)N(C)c2nnc(Br)s2)cc1. The molecule has 2 rings (SSSR count). The molecular formula is C11H11BrN4OS. The molecule has 1 heterocycles. The summed E-state index contributed by atoms with van der Waals surface area (Å²) in [5.74, 6) is 0. The van der Waals surface area contributed by atoms with Gasteiger partial charge in [0.2, 0.25) is 5.13 Å². The normalized spacial score (nSPS) is 10.2. The summed E-state index contributed by atoms with van der Waals surface area (Å²) in [4.78, 5) is 13.4. The monoisotopic (exact) mass is 326 g/mol. The lowest BCUT2D eigenvalue weighted by molar-refractivity contribution is 0.258. The zero-order valence-corrected chi connectivity index (χ0v) is 12.2. The van der Waals surface area contributed by atoms with Crippen molar-refractivity contribution < 1.29 is 4.79 Å². The molecule has 0 atom stereocenters. The number of nitrogens with one attached hydrogen (secondary N) is 1. The predicted molar refractivity (Wildman–Crippen MR) is 76.2 cm³/mol. The highest BCUT2D eigenvalue weighted by atomic mass is 79.9. The van der Waals surface area contributed by atoms with Gasteiger partial charge in [0.05, 0.1) is 0 Å². The van der Waals surface area contributed by atoms with E-state index in [0.717, 1.165) is 11.3 Å². The molecule has 18 heavy (non-hydrogen) atoms. The van der Waals surface area contributed by atoms with Gasteiger partial charge in [-0.2, -0.15) is 0 Å². The van der Waals surface area contributed by atoms with Crippen LogP contribution in [-0.4, -0.2) is 23.3 Å². The minimum Gasteiger partial charge on any atom is -0.307 e. The molecule has 0 bridgehead atoms. The second-order valence-corrected chi connectivity index (χ2v) is 5.92. The number of carbonyl (C=O) groups is 1. The smallest absolute Gasteiger partial charge is 0.307 e. The Hall–Kier alpha value is -1.47. The summed E-state index contributed by atoms with van der Waals surface area (Å²) >= 11 is 4.51. The van der Waals surface area contributed by atoms with Gasteiger partial charge in [0.25, 0.3) is 0 Å². The maximum absolute atomic E-state index is 11.9. The molecule has 0 aliphatic rings. The lowest BCUT2D eigenvalue weighted by Crippen LogP contribution is -2.31. The highest BCUT2D eigenvalue weighted by Gasteiger charge is 2.15. The first kappa shape index (κ1) is 13.0. The molecular weight excluding hydrogens is 316 g/mol. The molecule has 0 saturated heterocycles. The van der Waals surface area contributed by atoms with Gasteiger partial charge in [0, 0.05) is 12.7 Å². The number of hydrogen-bond donors (Lipinski definition) is 1. The number of nitrogens with zero attached hydrogens (tertiary/aromatic N) is 3. The van der Waals surface area contributed by atoms with Crippen LogP contribution in [0.3, 0.4) is 0 Å². The molecule has 0 fully saturated rings. The maximum Gasteiger partial charge on any atom is 0.327 e. The molecule has 0 unspecified atom stereocenters. The number of benzene rings is 1. The van der Waals surface area contributed by atoms with Gasteiger partial charge in [-0.05, 0) is 35.0 Å². The van der Waals surface area contributed by atoms with E-state index in [4.69, 9.17) is 0 Å². The topological polar surface area (TPSA) is 58.1 Å². The summed E-state index contributed by atoms with van der Waals surface area (Å²) in [7, 11) is 1.65. The van der Waals surface area contributed by atoms with E-state index in [1.807, 2.05) is 31.2 Å². The Labute approximate surface area is 117 Å². The van der Waals surface area contributed by atoms with Crippen molar-refractivity contribution in [3.05, 3.63) is 33.7 Å². The van der Waals surface area contributed by atoms with Crippen LogP contribution in [0.4, 0.5) is 15.6 Å². The molecule has 2 amide bonds. The number of aromatic nitrogens is 2. The van der Waals surface area contributed by atoms with Crippen molar-refractivity contribution in [3.8, 4) is 0 Å². The fourth-order valence-electron chi connectivity index (χ4n) is 1.26. The molecule has 0 aliphatic carbocycles. The van der Waals surface area contributed by atoms with Crippen molar-refractivity contribution in [2.24, 2.45) is 0 Å². The van der Waals surface area contributed by atoms with Gasteiger partial charge in [-0.3, -0.25) is 4.90 Å². The highest BCUT2D eigenvalue weighted by molar-refractivity contribution is 9.11. The molecule has 0 aliphatic heterocycles. The molecule has 0 saturated carbocycles. The Morgan fingerprint density at radius 1 is 1.33 bits per heavy atom. The average molecular weight is 327 g/mol. The first-order valence-corrected chi connectivity index (χ1v) is 6.77. The molecule has 1 aromatic carbocycles. The van der Waals surface area contributed by atoms with E-state index in [1.54, 1.807) is 7.05 Å². The minimum absolute atomic E-state index is 0.248. The number of anilines is 2. The standard InChI is InChI=1S/C11H11BrN4OS/c1-7-3-5-8(6-4-7)13-10(17)16(2)11-15-14-9(12)18-11/h3-6H,1-2H3,(H,13,17). The highest BCUT2D eigenvalue weighted by Crippen LogP contribution is 2.23. The fraction of sp³-hybridized carbons (Fsp3) is 0.182. The quantitative estimate of drug-likeness (QED) is 0.921. The van der Waals surface area contributed by atoms with E-state index in [-0.39, 0.29) is 6.03 Å². The van der Waals surface area contributed by atoms with E-state index >= 15 is 0 Å². The van der Waals surface area contributed by atoms with Gasteiger partial charge in [0.15, 0.2) is 3.92 Å². The summed E-state index contributed by atoms with van der Waals surface area (Å²) in [5.41, 5.74) is 1.90. The summed E-state index contributed by atoms with van der Waals surface area (Å²) < 4.78 is 0.646. The molecule has 2 aromatic rings. The number of amides is 2. The third kappa shape index (κ3) is 3.05. The van der Waals surface area contributed by atoms with Crippen molar-refractivity contribution in [1.82, 2.24) is 10.2 Å². The number of hydrogen-bond acceptors (Lipinski definition) is 4. The summed E-state index contributed by atoms with van der Waals surface area (Å²) in [5, 5.41) is 11.0. The molecule has 1 N–H and O–H groups in total. The Morgan fingerprint density at radius 3 is 2.56 bits per heavy atom. The predicted octanol–water partition coefficient (Wildman–Crippen LogP) is 3.28. The van der Waals surface area contributed by atoms with Crippen LogP contribution in [0.15, 0.2) is 28.2 Å². The van der Waals surface area contributed by atoms with Crippen LogP contribution in [0.2, 0.25) is 0 Å². The van der Waals surface area contributed by atoms with Crippen LogP contribution < -0.4 is 10.2 Å². The molecule has 5 nitrogen and oxygen atoms in total. The largest absolute Gasteiger partial charge is 0.327 e. The van der Waals surface area contributed by atoms with Crippen LogP contribution in [0.1, 0.15) is 5.56 Å². The number of aryl methyl sites for hydroxylation is 1. The van der Waals surface area contributed by atoms with Crippen molar-refractivity contribution in [1.29, 1.82) is 0 Å². The second kappa shape index (κ2) is 5.45. The Balaban J connectivity index is 2.05. The second-order valence-electron chi connectivity index (χ2n) is 3.69. The van der Waals surface area contributed by atoms with Gasteiger partial charge in [-0.25, -0.2) is 4.79 Å². The molecule has 7 heteroatoms. The van der Waals surface area contributed by atoms with E-state index < -0.39 is 0 Å². The van der Waals surface area contributed by atoms with E-state index in [1.165, 1.54) is 16.2 Å². The van der Waals surface area contributed by atoms with Crippen molar-refractivity contribution in [3.63, 3.8) is 0 Å². The zero-order chi connectivity index (χ0) is 13.1. The molecule has 0 radical (unpaired) electrons. The summed E-state index contributed by atoms with van der Waals surface area (Å²) in [6.07, 6.45) is 0. The van der Waals surface area contributed by atoms with E-state index in [9.17, 15) is 4.79 Å². The maximum atomic E-state index is 11.9. The van der Waals surface area contributed by atoms with Crippen LogP contribution in [0, 0.1) is 6.92 Å². The van der Waals surface area contributed by atoms with E-state index in [0.29, 0.717) is 9.05 Å². The summed E-state index contributed by atoms with van der Waals surface area (Å²) in [6.45, 7) is 2.00. The van der Waals surface area contributed by atoms with Gasteiger partial charge in [-0.15, -0.1) is 10.2 Å².